The van der Waals surface area contributed by atoms with E-state index in [-0.39, 0.29) is 17.7 Å². The Labute approximate surface area is 156 Å². The average molecular weight is 373 g/mol. The summed E-state index contributed by atoms with van der Waals surface area (Å²) in [6.07, 6.45) is 3.79. The van der Waals surface area contributed by atoms with Gasteiger partial charge >= 0.3 is 5.97 Å². The summed E-state index contributed by atoms with van der Waals surface area (Å²) in [5.41, 5.74) is 0.666. The molecule has 0 bridgehead atoms. The summed E-state index contributed by atoms with van der Waals surface area (Å²) < 4.78 is 11.6. The molecule has 0 saturated carbocycles. The first-order valence-electron chi connectivity index (χ1n) is 9.06. The van der Waals surface area contributed by atoms with Crippen LogP contribution in [0.25, 0.3) is 10.9 Å². The predicted octanol–water partition coefficient (Wildman–Crippen LogP) is 1.04. The van der Waals surface area contributed by atoms with E-state index in [0.717, 1.165) is 31.5 Å². The molecule has 0 spiro atoms. The summed E-state index contributed by atoms with van der Waals surface area (Å²) in [6.45, 7) is 1.04. The lowest BCUT2D eigenvalue weighted by molar-refractivity contribution is -0.124. The van der Waals surface area contributed by atoms with Gasteiger partial charge in [-0.2, -0.15) is 0 Å². The molecule has 0 fully saturated rings. The molecular formula is C19H23N3O5. The van der Waals surface area contributed by atoms with Crippen molar-refractivity contribution in [3.63, 3.8) is 0 Å². The largest absolute Gasteiger partial charge is 0.452 e. The second-order valence-electron chi connectivity index (χ2n) is 6.45. The van der Waals surface area contributed by atoms with Gasteiger partial charge in [-0.05, 0) is 31.0 Å². The number of hydrogen-bond acceptors (Lipinski definition) is 6. The van der Waals surface area contributed by atoms with Crippen molar-refractivity contribution in [2.75, 3.05) is 26.9 Å². The van der Waals surface area contributed by atoms with Crippen molar-refractivity contribution in [1.29, 1.82) is 0 Å². The molecule has 0 unspecified atom stereocenters. The molecule has 1 aliphatic heterocycles. The van der Waals surface area contributed by atoms with Gasteiger partial charge < -0.3 is 14.8 Å². The molecule has 1 aliphatic rings. The highest BCUT2D eigenvalue weighted by Crippen LogP contribution is 2.16. The maximum atomic E-state index is 12.7. The van der Waals surface area contributed by atoms with Gasteiger partial charge in [0, 0.05) is 26.6 Å². The number of hydrogen-bond donors (Lipinski definition) is 1. The number of aryl methyl sites for hydroxylation is 1. The van der Waals surface area contributed by atoms with Crippen LogP contribution in [0.4, 0.5) is 0 Å². The maximum Gasteiger partial charge on any atom is 0.338 e. The Morgan fingerprint density at radius 3 is 2.93 bits per heavy atom. The number of carbonyl (C=O) groups excluding carboxylic acids is 2. The zero-order valence-corrected chi connectivity index (χ0v) is 15.3. The zero-order chi connectivity index (χ0) is 19.2. The molecule has 3 rings (SSSR count). The lowest BCUT2D eigenvalue weighted by atomic mass is 10.1. The normalized spacial score (nSPS) is 13.7. The van der Waals surface area contributed by atoms with E-state index < -0.39 is 11.9 Å². The summed E-state index contributed by atoms with van der Waals surface area (Å²) >= 11 is 0. The van der Waals surface area contributed by atoms with Gasteiger partial charge in [0.2, 0.25) is 0 Å². The van der Waals surface area contributed by atoms with Crippen molar-refractivity contribution < 1.29 is 19.1 Å². The fourth-order valence-electron chi connectivity index (χ4n) is 3.10. The van der Waals surface area contributed by atoms with Crippen LogP contribution in [0.15, 0.2) is 23.0 Å². The Morgan fingerprint density at radius 2 is 2.11 bits per heavy atom. The number of methoxy groups -OCH3 is 1. The number of amides is 1. The van der Waals surface area contributed by atoms with Crippen LogP contribution in [0, 0.1) is 0 Å². The van der Waals surface area contributed by atoms with Crippen molar-refractivity contribution in [2.24, 2.45) is 0 Å². The number of aromatic nitrogens is 2. The topological polar surface area (TPSA) is 99.5 Å². The molecule has 0 radical (unpaired) electrons. The molecule has 0 aliphatic carbocycles. The zero-order valence-electron chi connectivity index (χ0n) is 15.3. The predicted molar refractivity (Wildman–Crippen MR) is 98.7 cm³/mol. The molecular weight excluding hydrogens is 350 g/mol. The van der Waals surface area contributed by atoms with Gasteiger partial charge in [-0.15, -0.1) is 0 Å². The van der Waals surface area contributed by atoms with Gasteiger partial charge in [-0.25, -0.2) is 9.78 Å². The van der Waals surface area contributed by atoms with E-state index in [2.05, 4.69) is 10.3 Å². The Hall–Kier alpha value is -2.74. The molecule has 8 nitrogen and oxygen atoms in total. The number of benzene rings is 1. The lowest BCUT2D eigenvalue weighted by Gasteiger charge is -2.11. The fraction of sp³-hybridized carbons (Fsp3) is 0.474. The molecule has 0 atom stereocenters. The van der Waals surface area contributed by atoms with E-state index in [0.29, 0.717) is 30.6 Å². The number of carbonyl (C=O) groups is 2. The van der Waals surface area contributed by atoms with Crippen LogP contribution < -0.4 is 10.9 Å². The average Bonchev–Trinajstić information content (AvgIpc) is 2.91. The van der Waals surface area contributed by atoms with Crippen molar-refractivity contribution in [2.45, 2.75) is 32.2 Å². The van der Waals surface area contributed by atoms with Gasteiger partial charge in [-0.1, -0.05) is 6.42 Å². The van der Waals surface area contributed by atoms with Crippen LogP contribution in [-0.2, 0) is 27.2 Å². The van der Waals surface area contributed by atoms with Crippen LogP contribution >= 0.6 is 0 Å². The number of nitrogens with one attached hydrogen (secondary N) is 1. The first kappa shape index (κ1) is 19.0. The molecule has 2 aromatic rings. The lowest BCUT2D eigenvalue weighted by Crippen LogP contribution is -2.31. The second-order valence-corrected chi connectivity index (χ2v) is 6.45. The molecule has 0 saturated heterocycles. The maximum absolute atomic E-state index is 12.7. The van der Waals surface area contributed by atoms with Crippen LogP contribution in [0.2, 0.25) is 0 Å². The van der Waals surface area contributed by atoms with Crippen molar-refractivity contribution in [3.8, 4) is 0 Å². The summed E-state index contributed by atoms with van der Waals surface area (Å²) in [5.74, 6) is -0.272. The summed E-state index contributed by atoms with van der Waals surface area (Å²) in [4.78, 5) is 41.1. The fourth-order valence-corrected chi connectivity index (χ4v) is 3.10. The number of esters is 1. The van der Waals surface area contributed by atoms with Gasteiger partial charge in [0.05, 0.1) is 23.1 Å². The number of nitrogens with zero attached hydrogens (tertiary/aromatic N) is 2. The molecule has 1 N–H and O–H groups in total. The van der Waals surface area contributed by atoms with E-state index in [1.165, 1.54) is 13.2 Å². The highest BCUT2D eigenvalue weighted by Gasteiger charge is 2.16. The van der Waals surface area contributed by atoms with Gasteiger partial charge in [-0.3, -0.25) is 14.2 Å². The highest BCUT2D eigenvalue weighted by atomic mass is 16.5. The van der Waals surface area contributed by atoms with E-state index >= 15 is 0 Å². The third-order valence-electron chi connectivity index (χ3n) is 4.51. The number of fused-ring (bicyclic) bond motifs is 2. The van der Waals surface area contributed by atoms with Crippen LogP contribution in [0.1, 0.15) is 35.4 Å². The minimum absolute atomic E-state index is 0.0747. The molecule has 1 aromatic heterocycles. The monoisotopic (exact) mass is 373 g/mol. The second kappa shape index (κ2) is 8.77. The Morgan fingerprint density at radius 1 is 1.26 bits per heavy atom. The van der Waals surface area contributed by atoms with Crippen LogP contribution in [0.3, 0.4) is 0 Å². The highest BCUT2D eigenvalue weighted by molar-refractivity contribution is 5.95. The molecule has 2 heterocycles. The summed E-state index contributed by atoms with van der Waals surface area (Å²) in [5, 5.41) is 3.05. The quantitative estimate of drug-likeness (QED) is 0.600. The molecule has 1 amide bonds. The number of rotatable bonds is 6. The van der Waals surface area contributed by atoms with E-state index in [1.807, 2.05) is 0 Å². The van der Waals surface area contributed by atoms with Crippen molar-refractivity contribution >= 4 is 22.8 Å². The van der Waals surface area contributed by atoms with E-state index in [4.69, 9.17) is 9.47 Å². The van der Waals surface area contributed by atoms with E-state index in [1.54, 1.807) is 16.7 Å². The molecule has 144 valence electrons. The third-order valence-corrected chi connectivity index (χ3v) is 4.51. The molecule has 8 heteroatoms. The minimum atomic E-state index is -0.629. The first-order chi connectivity index (χ1) is 13.1. The minimum Gasteiger partial charge on any atom is -0.452 e. The Kier molecular flexibility index (Phi) is 6.18. The standard InChI is InChI=1S/C19H23N3O5/c1-26-10-8-20-17(23)12-27-19(25)13-6-7-14-15(11-13)21-16-5-3-2-4-9-22(16)18(14)24/h6-7,11H,2-5,8-10,12H2,1H3,(H,20,23). The van der Waals surface area contributed by atoms with Gasteiger partial charge in [0.1, 0.15) is 5.82 Å². The third kappa shape index (κ3) is 4.51. The molecule has 1 aromatic carbocycles. The van der Waals surface area contributed by atoms with Gasteiger partial charge in [0.15, 0.2) is 6.61 Å². The SMILES string of the molecule is COCCNC(=O)COC(=O)c1ccc2c(=O)n3c(nc2c1)CCCCC3. The van der Waals surface area contributed by atoms with Crippen molar-refractivity contribution in [3.05, 3.63) is 39.9 Å². The smallest absolute Gasteiger partial charge is 0.338 e. The van der Waals surface area contributed by atoms with E-state index in [9.17, 15) is 14.4 Å². The van der Waals surface area contributed by atoms with Gasteiger partial charge in [0.25, 0.3) is 11.5 Å². The first-order valence-corrected chi connectivity index (χ1v) is 9.06. The van der Waals surface area contributed by atoms with Crippen molar-refractivity contribution in [1.82, 2.24) is 14.9 Å². The Bertz CT molecular complexity index is 906. The molecule has 27 heavy (non-hydrogen) atoms. The Balaban J connectivity index is 1.75. The number of ether oxygens (including phenoxy) is 2. The summed E-state index contributed by atoms with van der Waals surface area (Å²) in [6, 6.07) is 4.67. The summed E-state index contributed by atoms with van der Waals surface area (Å²) in [7, 11) is 1.53. The van der Waals surface area contributed by atoms with Crippen LogP contribution in [-0.4, -0.2) is 48.3 Å². The van der Waals surface area contributed by atoms with Crippen LogP contribution in [0.5, 0.6) is 0 Å².